The molecule has 0 saturated heterocycles. The maximum absolute atomic E-state index is 13.2. The summed E-state index contributed by atoms with van der Waals surface area (Å²) < 4.78 is 29.3. The number of halogens is 1. The molecule has 1 heterocycles. The highest BCUT2D eigenvalue weighted by Crippen LogP contribution is 2.39. The molecule has 0 aromatic heterocycles. The number of carbonyl (C=O) groups excluding carboxylic acids is 1. The zero-order valence-electron chi connectivity index (χ0n) is 17.9. The van der Waals surface area contributed by atoms with E-state index in [1.54, 1.807) is 45.4 Å². The van der Waals surface area contributed by atoms with Crippen LogP contribution in [0.15, 0.2) is 58.7 Å². The Morgan fingerprint density at radius 2 is 1.90 bits per heavy atom. The summed E-state index contributed by atoms with van der Waals surface area (Å²) in [6.45, 7) is 3.85. The van der Waals surface area contributed by atoms with Gasteiger partial charge in [-0.3, -0.25) is 0 Å². The summed E-state index contributed by atoms with van der Waals surface area (Å²) in [6, 6.07) is 11.1. The first-order valence-electron chi connectivity index (χ1n) is 9.78. The number of nitrogens with one attached hydrogen (secondary N) is 1. The van der Waals surface area contributed by atoms with Crippen LogP contribution in [0.1, 0.15) is 31.0 Å². The Labute approximate surface area is 185 Å². The van der Waals surface area contributed by atoms with Gasteiger partial charge in [-0.2, -0.15) is 0 Å². The van der Waals surface area contributed by atoms with Crippen LogP contribution in [-0.2, 0) is 15.3 Å². The summed E-state index contributed by atoms with van der Waals surface area (Å²) in [4.78, 5) is 17.5. The van der Waals surface area contributed by atoms with E-state index >= 15 is 0 Å². The van der Waals surface area contributed by atoms with E-state index in [9.17, 15) is 9.18 Å². The molecule has 1 aliphatic rings. The lowest BCUT2D eigenvalue weighted by atomic mass is 9.95. The molecular formula is C23H25FN2O4S. The summed E-state index contributed by atoms with van der Waals surface area (Å²) >= 11 is 1.47. The third kappa shape index (κ3) is 5.38. The van der Waals surface area contributed by atoms with Crippen molar-refractivity contribution in [3.8, 4) is 11.5 Å². The molecule has 0 radical (unpaired) electrons. The molecule has 6 nitrogen and oxygen atoms in total. The van der Waals surface area contributed by atoms with Crippen LogP contribution in [0, 0.1) is 5.82 Å². The maximum atomic E-state index is 13.2. The number of allylic oxidation sites excluding steroid dienone is 1. The number of benzene rings is 2. The third-order valence-corrected chi connectivity index (χ3v) is 5.70. The van der Waals surface area contributed by atoms with Crippen LogP contribution >= 0.6 is 11.8 Å². The van der Waals surface area contributed by atoms with Crippen molar-refractivity contribution in [2.75, 3.05) is 20.8 Å². The highest BCUT2D eigenvalue weighted by atomic mass is 32.2. The van der Waals surface area contributed by atoms with Crippen molar-refractivity contribution in [3.05, 3.63) is 70.7 Å². The van der Waals surface area contributed by atoms with E-state index < -0.39 is 12.0 Å². The Morgan fingerprint density at radius 1 is 1.16 bits per heavy atom. The number of hydrogen-bond donors (Lipinski definition) is 1. The maximum Gasteiger partial charge on any atom is 0.338 e. The van der Waals surface area contributed by atoms with E-state index in [-0.39, 0.29) is 12.4 Å². The van der Waals surface area contributed by atoms with Crippen LogP contribution in [-0.4, -0.2) is 32.0 Å². The molecule has 0 aliphatic carbocycles. The minimum Gasteiger partial charge on any atom is -0.497 e. The average molecular weight is 445 g/mol. The molecule has 2 aromatic carbocycles. The van der Waals surface area contributed by atoms with E-state index in [4.69, 9.17) is 19.2 Å². The molecule has 1 aliphatic heterocycles. The van der Waals surface area contributed by atoms with Crippen LogP contribution in [0.4, 0.5) is 4.39 Å². The van der Waals surface area contributed by atoms with Gasteiger partial charge in [-0.25, -0.2) is 14.2 Å². The van der Waals surface area contributed by atoms with E-state index in [2.05, 4.69) is 5.32 Å². The van der Waals surface area contributed by atoms with Crippen LogP contribution in [0.3, 0.4) is 0 Å². The summed E-state index contributed by atoms with van der Waals surface area (Å²) in [7, 11) is 3.14. The molecule has 0 unspecified atom stereocenters. The molecule has 3 rings (SSSR count). The monoisotopic (exact) mass is 444 g/mol. The van der Waals surface area contributed by atoms with E-state index in [0.29, 0.717) is 33.7 Å². The van der Waals surface area contributed by atoms with Crippen molar-refractivity contribution in [2.45, 2.75) is 25.6 Å². The zero-order valence-corrected chi connectivity index (χ0v) is 18.7. The van der Waals surface area contributed by atoms with Gasteiger partial charge in [0.15, 0.2) is 5.17 Å². The van der Waals surface area contributed by atoms with Crippen molar-refractivity contribution in [1.82, 2.24) is 5.32 Å². The second kappa shape index (κ2) is 10.3. The SMILES string of the molecule is CCOC(=O)C1=C(C)NC(SCc2ccc(F)cc2)=N[C@H]1c1ccc(OC)cc1OC. The molecule has 0 spiro atoms. The summed E-state index contributed by atoms with van der Waals surface area (Å²) in [6.07, 6.45) is 0. The summed E-state index contributed by atoms with van der Waals surface area (Å²) in [5.41, 5.74) is 2.79. The van der Waals surface area contributed by atoms with Crippen molar-refractivity contribution >= 4 is 22.9 Å². The number of rotatable bonds is 7. The third-order valence-electron chi connectivity index (χ3n) is 4.74. The Balaban J connectivity index is 1.95. The number of nitrogens with zero attached hydrogens (tertiary/aromatic N) is 1. The smallest absolute Gasteiger partial charge is 0.338 e. The number of aliphatic imine (C=N–C) groups is 1. The molecule has 0 fully saturated rings. The fourth-order valence-corrected chi connectivity index (χ4v) is 4.10. The Hall–Kier alpha value is -3.00. The highest BCUT2D eigenvalue weighted by molar-refractivity contribution is 8.13. The summed E-state index contributed by atoms with van der Waals surface area (Å²) in [5.74, 6) is 1.10. The van der Waals surface area contributed by atoms with Crippen LogP contribution in [0.25, 0.3) is 0 Å². The first-order chi connectivity index (χ1) is 15.0. The van der Waals surface area contributed by atoms with Gasteiger partial charge in [0.2, 0.25) is 0 Å². The molecular weight excluding hydrogens is 419 g/mol. The Morgan fingerprint density at radius 3 is 2.55 bits per heavy atom. The van der Waals surface area contributed by atoms with Gasteiger partial charge in [0.05, 0.1) is 26.4 Å². The fraction of sp³-hybridized carbons (Fsp3) is 0.304. The van der Waals surface area contributed by atoms with Crippen LogP contribution in [0.2, 0.25) is 0 Å². The first kappa shape index (κ1) is 22.7. The zero-order chi connectivity index (χ0) is 22.4. The number of ether oxygens (including phenoxy) is 3. The standard InChI is InChI=1S/C23H25FN2O4S/c1-5-30-22(27)20-14(2)25-23(31-13-15-6-8-16(24)9-7-15)26-21(20)18-11-10-17(28-3)12-19(18)29-4/h6-12,21H,5,13H2,1-4H3,(H,25,26)/t21-/m0/s1. The number of amidine groups is 1. The second-order valence-corrected chi connectivity index (χ2v) is 7.71. The minimum atomic E-state index is -0.600. The molecule has 0 bridgehead atoms. The molecule has 1 atom stereocenters. The summed E-state index contributed by atoms with van der Waals surface area (Å²) in [5, 5.41) is 3.85. The van der Waals surface area contributed by atoms with Crippen molar-refractivity contribution < 1.29 is 23.4 Å². The van der Waals surface area contributed by atoms with Crippen molar-refractivity contribution in [2.24, 2.45) is 4.99 Å². The largest absolute Gasteiger partial charge is 0.497 e. The van der Waals surface area contributed by atoms with Gasteiger partial charge >= 0.3 is 5.97 Å². The van der Waals surface area contributed by atoms with Crippen LogP contribution in [0.5, 0.6) is 11.5 Å². The lowest BCUT2D eigenvalue weighted by Gasteiger charge is -2.27. The predicted octanol–water partition coefficient (Wildman–Crippen LogP) is 4.61. The van der Waals surface area contributed by atoms with Gasteiger partial charge in [-0.15, -0.1) is 0 Å². The quantitative estimate of drug-likeness (QED) is 0.629. The molecule has 1 N–H and O–H groups in total. The Kier molecular flexibility index (Phi) is 7.57. The van der Waals surface area contributed by atoms with E-state index in [1.165, 1.54) is 23.9 Å². The van der Waals surface area contributed by atoms with Gasteiger partial charge < -0.3 is 19.5 Å². The van der Waals surface area contributed by atoms with E-state index in [1.807, 2.05) is 13.0 Å². The first-order valence-corrected chi connectivity index (χ1v) is 10.8. The lowest BCUT2D eigenvalue weighted by molar-refractivity contribution is -0.138. The van der Waals surface area contributed by atoms with Gasteiger partial charge in [-0.05, 0) is 43.7 Å². The molecule has 31 heavy (non-hydrogen) atoms. The lowest BCUT2D eigenvalue weighted by Crippen LogP contribution is -2.30. The normalized spacial score (nSPS) is 15.8. The predicted molar refractivity (Wildman–Crippen MR) is 120 cm³/mol. The molecule has 0 amide bonds. The van der Waals surface area contributed by atoms with Crippen molar-refractivity contribution in [1.29, 1.82) is 0 Å². The number of thioether (sulfide) groups is 1. The highest BCUT2D eigenvalue weighted by Gasteiger charge is 2.32. The van der Waals surface area contributed by atoms with Gasteiger partial charge in [0.25, 0.3) is 0 Å². The molecule has 2 aromatic rings. The molecule has 164 valence electrons. The van der Waals surface area contributed by atoms with Gasteiger partial charge in [0.1, 0.15) is 23.4 Å². The molecule has 8 heteroatoms. The van der Waals surface area contributed by atoms with Gasteiger partial charge in [0, 0.05) is 23.1 Å². The van der Waals surface area contributed by atoms with Crippen molar-refractivity contribution in [3.63, 3.8) is 0 Å². The topological polar surface area (TPSA) is 69.2 Å². The van der Waals surface area contributed by atoms with E-state index in [0.717, 1.165) is 11.1 Å². The molecule has 0 saturated carbocycles. The average Bonchev–Trinajstić information content (AvgIpc) is 2.77. The van der Waals surface area contributed by atoms with Crippen LogP contribution < -0.4 is 14.8 Å². The number of methoxy groups -OCH3 is 2. The number of esters is 1. The minimum absolute atomic E-state index is 0.262. The second-order valence-electron chi connectivity index (χ2n) is 6.74. The Bertz CT molecular complexity index is 1010. The number of hydrogen-bond acceptors (Lipinski definition) is 7. The number of carbonyl (C=O) groups is 1. The van der Waals surface area contributed by atoms with Gasteiger partial charge in [-0.1, -0.05) is 23.9 Å². The fourth-order valence-electron chi connectivity index (χ4n) is 3.20.